The van der Waals surface area contributed by atoms with Crippen molar-refractivity contribution in [2.45, 2.75) is 18.9 Å². The number of hydrogen-bond donors (Lipinski definition) is 1. The average molecular weight is 310 g/mol. The molecule has 6 heteroatoms. The highest BCUT2D eigenvalue weighted by molar-refractivity contribution is 5.51. The summed E-state index contributed by atoms with van der Waals surface area (Å²) in [4.78, 5) is 4.21. The number of aliphatic imine (C=N–C) groups is 1. The number of methoxy groups -OCH3 is 3. The van der Waals surface area contributed by atoms with E-state index in [4.69, 9.17) is 24.7 Å². The van der Waals surface area contributed by atoms with Gasteiger partial charge in [0.05, 0.1) is 32.7 Å². The van der Waals surface area contributed by atoms with Gasteiger partial charge in [-0.3, -0.25) is 4.99 Å². The minimum atomic E-state index is -0.00950. The Balaban J connectivity index is 2.74. The molecule has 0 aliphatic heterocycles. The molecule has 0 bridgehead atoms. The molecule has 0 aromatic heterocycles. The highest BCUT2D eigenvalue weighted by Gasteiger charge is 2.11. The van der Waals surface area contributed by atoms with Crippen molar-refractivity contribution < 1.29 is 18.9 Å². The maximum atomic E-state index is 5.77. The molecule has 0 fully saturated rings. The van der Waals surface area contributed by atoms with Gasteiger partial charge in [0.15, 0.2) is 11.5 Å². The predicted octanol–water partition coefficient (Wildman–Crippen LogP) is 1.65. The van der Waals surface area contributed by atoms with Gasteiger partial charge in [-0.15, -0.1) is 0 Å². The molecule has 0 radical (unpaired) electrons. The van der Waals surface area contributed by atoms with Crippen molar-refractivity contribution in [1.82, 2.24) is 0 Å². The molecule has 0 saturated carbocycles. The topological polar surface area (TPSA) is 75.3 Å². The number of benzene rings is 1. The first-order valence-corrected chi connectivity index (χ1v) is 7.26. The summed E-state index contributed by atoms with van der Waals surface area (Å²) in [6, 6.07) is 5.86. The third-order valence-corrected chi connectivity index (χ3v) is 3.11. The number of ether oxygens (including phenoxy) is 4. The molecule has 1 rings (SSSR count). The Labute approximate surface area is 132 Å². The number of nitrogens with two attached hydrogens (primary N) is 1. The van der Waals surface area contributed by atoms with Gasteiger partial charge in [-0.25, -0.2) is 0 Å². The molecule has 0 saturated heterocycles. The van der Waals surface area contributed by atoms with Crippen molar-refractivity contribution in [3.8, 4) is 11.5 Å². The molecular formula is C16H26N2O4. The van der Waals surface area contributed by atoms with Crippen LogP contribution in [0.5, 0.6) is 11.5 Å². The van der Waals surface area contributed by atoms with E-state index in [0.29, 0.717) is 25.6 Å². The lowest BCUT2D eigenvalue weighted by Gasteiger charge is -2.15. The molecular weight excluding hydrogens is 284 g/mol. The molecule has 0 spiro atoms. The fraction of sp³-hybridized carbons (Fsp3) is 0.562. The largest absolute Gasteiger partial charge is 0.493 e. The third kappa shape index (κ3) is 6.32. The predicted molar refractivity (Wildman–Crippen MR) is 87.0 cm³/mol. The van der Waals surface area contributed by atoms with Gasteiger partial charge in [0.1, 0.15) is 0 Å². The Hall–Kier alpha value is -1.79. The summed E-state index contributed by atoms with van der Waals surface area (Å²) in [5.41, 5.74) is 6.47. The van der Waals surface area contributed by atoms with Crippen molar-refractivity contribution >= 4 is 6.34 Å². The number of rotatable bonds is 11. The van der Waals surface area contributed by atoms with Gasteiger partial charge in [0.2, 0.25) is 0 Å². The van der Waals surface area contributed by atoms with Gasteiger partial charge >= 0.3 is 0 Å². The fourth-order valence-corrected chi connectivity index (χ4v) is 2.09. The fourth-order valence-electron chi connectivity index (χ4n) is 2.09. The third-order valence-electron chi connectivity index (χ3n) is 3.11. The molecule has 124 valence electrons. The second-order valence-electron chi connectivity index (χ2n) is 4.79. The van der Waals surface area contributed by atoms with Crippen molar-refractivity contribution in [3.05, 3.63) is 23.8 Å². The summed E-state index contributed by atoms with van der Waals surface area (Å²) in [7, 11) is 4.95. The standard InChI is InChI=1S/C16H26N2O4/c1-19-7-4-8-22-16-10-13(5-6-15(16)21-3)9-14(11-20-2)18-12-17/h5-6,10,12,14H,4,7-9,11H2,1-3H3,(H2,17,18). The number of hydrogen-bond acceptors (Lipinski definition) is 5. The van der Waals surface area contributed by atoms with E-state index in [0.717, 1.165) is 24.2 Å². The molecule has 6 nitrogen and oxygen atoms in total. The molecule has 1 aromatic carbocycles. The van der Waals surface area contributed by atoms with Crippen LogP contribution in [0.2, 0.25) is 0 Å². The molecule has 1 unspecified atom stereocenters. The van der Waals surface area contributed by atoms with Crippen LogP contribution in [-0.2, 0) is 15.9 Å². The maximum Gasteiger partial charge on any atom is 0.161 e. The Morgan fingerprint density at radius 3 is 2.59 bits per heavy atom. The smallest absolute Gasteiger partial charge is 0.161 e. The van der Waals surface area contributed by atoms with Crippen LogP contribution in [0.3, 0.4) is 0 Å². The van der Waals surface area contributed by atoms with Crippen LogP contribution in [0, 0.1) is 0 Å². The summed E-state index contributed by atoms with van der Waals surface area (Å²) < 4.78 is 21.3. The Bertz CT molecular complexity index is 452. The SMILES string of the molecule is COCCCOc1cc(CC(COC)N=CN)ccc1OC. The van der Waals surface area contributed by atoms with E-state index in [1.807, 2.05) is 18.2 Å². The van der Waals surface area contributed by atoms with Crippen LogP contribution in [0.25, 0.3) is 0 Å². The normalized spacial score (nSPS) is 12.5. The summed E-state index contributed by atoms with van der Waals surface area (Å²) in [5.74, 6) is 1.44. The summed E-state index contributed by atoms with van der Waals surface area (Å²) >= 11 is 0. The Morgan fingerprint density at radius 2 is 1.95 bits per heavy atom. The Morgan fingerprint density at radius 1 is 1.14 bits per heavy atom. The first-order valence-electron chi connectivity index (χ1n) is 7.26. The quantitative estimate of drug-likeness (QED) is 0.382. The van der Waals surface area contributed by atoms with E-state index in [9.17, 15) is 0 Å². The molecule has 1 atom stereocenters. The molecule has 0 amide bonds. The summed E-state index contributed by atoms with van der Waals surface area (Å²) in [6.07, 6.45) is 2.86. The number of nitrogens with zero attached hydrogens (tertiary/aromatic N) is 1. The first kappa shape index (κ1) is 18.3. The van der Waals surface area contributed by atoms with E-state index in [2.05, 4.69) is 4.99 Å². The van der Waals surface area contributed by atoms with Crippen LogP contribution in [0.15, 0.2) is 23.2 Å². The van der Waals surface area contributed by atoms with Crippen LogP contribution in [0.4, 0.5) is 0 Å². The van der Waals surface area contributed by atoms with E-state index < -0.39 is 0 Å². The zero-order valence-electron chi connectivity index (χ0n) is 13.6. The molecule has 22 heavy (non-hydrogen) atoms. The lowest BCUT2D eigenvalue weighted by Crippen LogP contribution is -2.17. The molecule has 2 N–H and O–H groups in total. The lowest BCUT2D eigenvalue weighted by atomic mass is 10.1. The lowest BCUT2D eigenvalue weighted by molar-refractivity contribution is 0.170. The van der Waals surface area contributed by atoms with Crippen LogP contribution < -0.4 is 15.2 Å². The van der Waals surface area contributed by atoms with Gasteiger partial charge in [0, 0.05) is 27.2 Å². The minimum absolute atomic E-state index is 0.00950. The van der Waals surface area contributed by atoms with Gasteiger partial charge in [-0.05, 0) is 24.1 Å². The van der Waals surface area contributed by atoms with Gasteiger partial charge in [0.25, 0.3) is 0 Å². The monoisotopic (exact) mass is 310 g/mol. The van der Waals surface area contributed by atoms with E-state index in [1.54, 1.807) is 21.3 Å². The van der Waals surface area contributed by atoms with Crippen LogP contribution in [0.1, 0.15) is 12.0 Å². The van der Waals surface area contributed by atoms with Gasteiger partial charge < -0.3 is 24.7 Å². The minimum Gasteiger partial charge on any atom is -0.493 e. The molecule has 1 aromatic rings. The maximum absolute atomic E-state index is 5.77. The van der Waals surface area contributed by atoms with Crippen molar-refractivity contribution in [3.63, 3.8) is 0 Å². The average Bonchev–Trinajstić information content (AvgIpc) is 2.52. The molecule has 0 heterocycles. The second kappa shape index (κ2) is 10.9. The summed E-state index contributed by atoms with van der Waals surface area (Å²) in [5, 5.41) is 0. The van der Waals surface area contributed by atoms with E-state index >= 15 is 0 Å². The van der Waals surface area contributed by atoms with Gasteiger partial charge in [-0.1, -0.05) is 6.07 Å². The van der Waals surface area contributed by atoms with Gasteiger partial charge in [-0.2, -0.15) is 0 Å². The van der Waals surface area contributed by atoms with Crippen molar-refractivity contribution in [2.24, 2.45) is 10.7 Å². The highest BCUT2D eigenvalue weighted by atomic mass is 16.5. The van der Waals surface area contributed by atoms with E-state index in [-0.39, 0.29) is 6.04 Å². The zero-order chi connectivity index (χ0) is 16.2. The van der Waals surface area contributed by atoms with Crippen LogP contribution in [-0.4, -0.2) is 53.5 Å². The zero-order valence-corrected chi connectivity index (χ0v) is 13.6. The first-order chi connectivity index (χ1) is 10.7. The van der Waals surface area contributed by atoms with Crippen molar-refractivity contribution in [2.75, 3.05) is 41.2 Å². The summed E-state index contributed by atoms with van der Waals surface area (Å²) in [6.45, 7) is 1.77. The van der Waals surface area contributed by atoms with Crippen molar-refractivity contribution in [1.29, 1.82) is 0 Å². The van der Waals surface area contributed by atoms with Crippen LogP contribution >= 0.6 is 0 Å². The Kier molecular flexibility index (Phi) is 9.02. The molecule has 0 aliphatic carbocycles. The van der Waals surface area contributed by atoms with E-state index in [1.165, 1.54) is 6.34 Å². The molecule has 0 aliphatic rings. The highest BCUT2D eigenvalue weighted by Crippen LogP contribution is 2.28. The second-order valence-corrected chi connectivity index (χ2v) is 4.79.